The molecule has 96 valence electrons. The lowest BCUT2D eigenvalue weighted by molar-refractivity contribution is -0.135. The molecule has 1 aromatic heterocycles. The smallest absolute Gasteiger partial charge is 0.322 e. The number of pyridine rings is 1. The van der Waals surface area contributed by atoms with Gasteiger partial charge in [-0.25, -0.2) is 0 Å². The molecule has 1 aromatic rings. The lowest BCUT2D eigenvalue weighted by Gasteiger charge is -2.07. The summed E-state index contributed by atoms with van der Waals surface area (Å²) < 4.78 is 0. The van der Waals surface area contributed by atoms with E-state index in [0.29, 0.717) is 24.3 Å². The number of aromatic hydroxyl groups is 1. The first-order chi connectivity index (χ1) is 8.50. The van der Waals surface area contributed by atoms with Crippen LogP contribution in [0.25, 0.3) is 0 Å². The van der Waals surface area contributed by atoms with Gasteiger partial charge in [0.2, 0.25) is 0 Å². The van der Waals surface area contributed by atoms with E-state index in [-0.39, 0.29) is 0 Å². The van der Waals surface area contributed by atoms with Crippen molar-refractivity contribution in [3.63, 3.8) is 0 Å². The first-order valence-electron chi connectivity index (χ1n) is 5.18. The Balaban J connectivity index is 2.36. The van der Waals surface area contributed by atoms with Crippen molar-refractivity contribution in [3.05, 3.63) is 27.2 Å². The number of amides is 1. The lowest BCUT2D eigenvalue weighted by Crippen LogP contribution is -2.33. The van der Waals surface area contributed by atoms with Gasteiger partial charge in [-0.15, -0.1) is 0 Å². The molecule has 0 unspecified atom stereocenters. The number of carbonyl (C=O) groups is 2. The van der Waals surface area contributed by atoms with E-state index in [1.807, 2.05) is 5.32 Å². The summed E-state index contributed by atoms with van der Waals surface area (Å²) in [4.78, 5) is 36.0. The maximum Gasteiger partial charge on any atom is 0.322 e. The Labute approximate surface area is 101 Å². The second kappa shape index (κ2) is 4.49. The number of rotatable bonds is 3. The van der Waals surface area contributed by atoms with Gasteiger partial charge in [0.1, 0.15) is 17.9 Å². The molecule has 1 amide bonds. The van der Waals surface area contributed by atoms with Crippen molar-refractivity contribution in [1.29, 1.82) is 0 Å². The minimum absolute atomic E-state index is 0.344. The molecule has 0 fully saturated rings. The summed E-state index contributed by atoms with van der Waals surface area (Å²) >= 11 is 0. The molecule has 0 aromatic carbocycles. The summed E-state index contributed by atoms with van der Waals surface area (Å²) in [5.74, 6) is -2.55. The molecule has 0 radical (unpaired) electrons. The first-order valence-corrected chi connectivity index (χ1v) is 5.18. The van der Waals surface area contributed by atoms with Crippen molar-refractivity contribution < 1.29 is 19.8 Å². The lowest BCUT2D eigenvalue weighted by atomic mass is 10.1. The van der Waals surface area contributed by atoms with Crippen LogP contribution in [0.5, 0.6) is 5.75 Å². The van der Waals surface area contributed by atoms with Crippen LogP contribution in [-0.2, 0) is 17.9 Å². The zero-order chi connectivity index (χ0) is 13.3. The largest absolute Gasteiger partial charge is 0.506 e. The summed E-state index contributed by atoms with van der Waals surface area (Å²) in [6.07, 6.45) is 0. The molecule has 0 aliphatic carbocycles. The van der Waals surface area contributed by atoms with Crippen LogP contribution in [0.1, 0.15) is 21.6 Å². The molecule has 0 saturated heterocycles. The van der Waals surface area contributed by atoms with E-state index in [1.165, 1.54) is 0 Å². The molecular weight excluding hydrogens is 242 g/mol. The fourth-order valence-electron chi connectivity index (χ4n) is 1.79. The minimum atomic E-state index is -1.23. The van der Waals surface area contributed by atoms with E-state index >= 15 is 0 Å². The molecule has 2 rings (SSSR count). The van der Waals surface area contributed by atoms with Crippen LogP contribution in [-0.4, -0.2) is 33.6 Å². The highest BCUT2D eigenvalue weighted by atomic mass is 16.4. The van der Waals surface area contributed by atoms with Crippen molar-refractivity contribution >= 4 is 11.9 Å². The van der Waals surface area contributed by atoms with Crippen molar-refractivity contribution in [1.82, 2.24) is 15.6 Å². The quantitative estimate of drug-likeness (QED) is 0.445. The number of aromatic amines is 1. The number of hydrogen-bond donors (Lipinski definition) is 5. The van der Waals surface area contributed by atoms with Gasteiger partial charge < -0.3 is 25.8 Å². The Kier molecular flexibility index (Phi) is 3.02. The Morgan fingerprint density at radius 1 is 1.33 bits per heavy atom. The first kappa shape index (κ1) is 12.1. The molecular formula is C10H11N3O5. The molecule has 1 aliphatic heterocycles. The van der Waals surface area contributed by atoms with Crippen LogP contribution >= 0.6 is 0 Å². The molecule has 8 nitrogen and oxygen atoms in total. The molecule has 0 bridgehead atoms. The zero-order valence-corrected chi connectivity index (χ0v) is 9.24. The number of aromatic nitrogens is 1. The van der Waals surface area contributed by atoms with Crippen molar-refractivity contribution in [2.45, 2.75) is 13.1 Å². The van der Waals surface area contributed by atoms with Gasteiger partial charge in [-0.1, -0.05) is 0 Å². The number of aliphatic carboxylic acids is 1. The number of carboxylic acids is 1. The number of H-pyrrole nitrogens is 1. The van der Waals surface area contributed by atoms with Gasteiger partial charge in [0.15, 0.2) is 0 Å². The predicted molar refractivity (Wildman–Crippen MR) is 59.2 cm³/mol. The van der Waals surface area contributed by atoms with Crippen LogP contribution in [0.3, 0.4) is 0 Å². The fourth-order valence-corrected chi connectivity index (χ4v) is 1.79. The zero-order valence-electron chi connectivity index (χ0n) is 9.24. The summed E-state index contributed by atoms with van der Waals surface area (Å²) in [6, 6.07) is 0. The third-order valence-electron chi connectivity index (χ3n) is 2.61. The third-order valence-corrected chi connectivity index (χ3v) is 2.61. The molecule has 5 N–H and O–H groups in total. The van der Waals surface area contributed by atoms with Gasteiger partial charge in [0.25, 0.3) is 11.5 Å². The summed E-state index contributed by atoms with van der Waals surface area (Å²) in [7, 11) is 0. The Morgan fingerprint density at radius 2 is 2.06 bits per heavy atom. The average Bonchev–Trinajstić information content (AvgIpc) is 2.74. The van der Waals surface area contributed by atoms with Crippen LogP contribution < -0.4 is 16.2 Å². The summed E-state index contributed by atoms with van der Waals surface area (Å²) in [5.41, 5.74) is -0.209. The normalized spacial score (nSPS) is 13.1. The van der Waals surface area contributed by atoms with Crippen molar-refractivity contribution in [3.8, 4) is 5.75 Å². The van der Waals surface area contributed by atoms with E-state index in [4.69, 9.17) is 5.11 Å². The van der Waals surface area contributed by atoms with Crippen LogP contribution in [0.4, 0.5) is 0 Å². The minimum Gasteiger partial charge on any atom is -0.506 e. The molecule has 18 heavy (non-hydrogen) atoms. The Hall–Kier alpha value is -2.35. The topological polar surface area (TPSA) is 132 Å². The van der Waals surface area contributed by atoms with E-state index in [9.17, 15) is 19.5 Å². The average molecular weight is 253 g/mol. The van der Waals surface area contributed by atoms with E-state index < -0.39 is 35.3 Å². The summed E-state index contributed by atoms with van der Waals surface area (Å²) in [5, 5.41) is 23.2. The van der Waals surface area contributed by atoms with E-state index in [1.54, 1.807) is 0 Å². The molecule has 0 spiro atoms. The number of nitrogens with one attached hydrogen (secondary N) is 3. The molecule has 8 heteroatoms. The maximum atomic E-state index is 11.6. The maximum absolute atomic E-state index is 11.6. The molecule has 2 heterocycles. The second-order valence-electron chi connectivity index (χ2n) is 3.81. The van der Waals surface area contributed by atoms with Gasteiger partial charge in [-0.05, 0) is 0 Å². The third kappa shape index (κ3) is 2.05. The molecule has 0 saturated carbocycles. The van der Waals surface area contributed by atoms with Crippen molar-refractivity contribution in [2.75, 3.05) is 6.54 Å². The Bertz CT molecular complexity index is 578. The number of carbonyl (C=O) groups excluding carboxylic acids is 1. The molecule has 0 atom stereocenters. The number of hydrogen-bond acceptors (Lipinski definition) is 5. The number of fused-ring (bicyclic) bond motifs is 1. The van der Waals surface area contributed by atoms with Crippen LogP contribution in [0.15, 0.2) is 4.79 Å². The van der Waals surface area contributed by atoms with Crippen molar-refractivity contribution in [2.24, 2.45) is 0 Å². The van der Waals surface area contributed by atoms with Gasteiger partial charge in [-0.2, -0.15) is 0 Å². The molecule has 1 aliphatic rings. The van der Waals surface area contributed by atoms with E-state index in [2.05, 4.69) is 10.3 Å². The van der Waals surface area contributed by atoms with Crippen LogP contribution in [0, 0.1) is 0 Å². The van der Waals surface area contributed by atoms with Gasteiger partial charge in [0.05, 0.1) is 0 Å². The second-order valence-corrected chi connectivity index (χ2v) is 3.81. The standard InChI is InChI=1S/C10H11N3O5/c14-6(15)3-12-9(17)7-8(16)4-1-11-2-5(4)13-10(7)18/h11H,1-3H2,(H,12,17)(H,14,15)(H2,13,16,18). The van der Waals surface area contributed by atoms with Crippen LogP contribution in [0.2, 0.25) is 0 Å². The summed E-state index contributed by atoms with van der Waals surface area (Å²) in [6.45, 7) is 0.138. The SMILES string of the molecule is O=C(O)CNC(=O)c1c(O)c2c([nH]c1=O)CNC2. The highest BCUT2D eigenvalue weighted by Gasteiger charge is 2.24. The van der Waals surface area contributed by atoms with Gasteiger partial charge in [0, 0.05) is 24.3 Å². The highest BCUT2D eigenvalue weighted by Crippen LogP contribution is 2.24. The van der Waals surface area contributed by atoms with E-state index in [0.717, 1.165) is 0 Å². The number of carboxylic acid groups (broad SMARTS) is 1. The predicted octanol–water partition coefficient (Wildman–Crippen LogP) is -1.50. The van der Waals surface area contributed by atoms with Gasteiger partial charge in [-0.3, -0.25) is 14.4 Å². The van der Waals surface area contributed by atoms with Gasteiger partial charge >= 0.3 is 5.97 Å². The highest BCUT2D eigenvalue weighted by molar-refractivity contribution is 5.98. The monoisotopic (exact) mass is 253 g/mol. The Morgan fingerprint density at radius 3 is 2.72 bits per heavy atom. The fraction of sp³-hybridized carbons (Fsp3) is 0.300.